The van der Waals surface area contributed by atoms with Gasteiger partial charge in [0.25, 0.3) is 0 Å². The molecule has 1 N–H and O–H groups in total. The highest BCUT2D eigenvalue weighted by Crippen LogP contribution is 2.13. The Hall–Kier alpha value is -1.02. The van der Waals surface area contributed by atoms with Crippen LogP contribution in [0.1, 0.15) is 38.7 Å². The number of carbonyl (C=O) groups excluding carboxylic acids is 1. The third-order valence-corrected chi connectivity index (χ3v) is 3.23. The van der Waals surface area contributed by atoms with E-state index in [1.165, 1.54) is 12.8 Å². The molecule has 100 valence electrons. The molecular weight excluding hydrogens is 246 g/mol. The fourth-order valence-corrected chi connectivity index (χ4v) is 1.95. The molecule has 0 aromatic heterocycles. The Morgan fingerprint density at radius 3 is 2.56 bits per heavy atom. The summed E-state index contributed by atoms with van der Waals surface area (Å²) in [7, 11) is 0. The summed E-state index contributed by atoms with van der Waals surface area (Å²) in [5, 5.41) is 3.72. The molecule has 1 amide bonds. The summed E-state index contributed by atoms with van der Waals surface area (Å²) in [6.45, 7) is 4.91. The summed E-state index contributed by atoms with van der Waals surface area (Å²) in [6.07, 6.45) is 4.18. The van der Waals surface area contributed by atoms with Gasteiger partial charge in [-0.05, 0) is 30.5 Å². The molecule has 1 unspecified atom stereocenters. The van der Waals surface area contributed by atoms with Gasteiger partial charge < -0.3 is 5.32 Å². The van der Waals surface area contributed by atoms with Crippen LogP contribution in [-0.2, 0) is 11.2 Å². The van der Waals surface area contributed by atoms with Gasteiger partial charge in [0.05, 0.1) is 0 Å². The molecule has 3 heteroatoms. The molecular formula is C15H22ClNO. The summed E-state index contributed by atoms with van der Waals surface area (Å²) in [5.41, 5.74) is 1.15. The summed E-state index contributed by atoms with van der Waals surface area (Å²) in [5.74, 6) is 0.147. The zero-order valence-corrected chi connectivity index (χ0v) is 12.0. The van der Waals surface area contributed by atoms with Crippen LogP contribution in [0.3, 0.4) is 0 Å². The second-order valence-corrected chi connectivity index (χ2v) is 5.17. The number of rotatable bonds is 7. The number of benzene rings is 1. The molecule has 2 nitrogen and oxygen atoms in total. The first kappa shape index (κ1) is 15.0. The predicted octanol–water partition coefficient (Wildman–Crippen LogP) is 3.83. The second-order valence-electron chi connectivity index (χ2n) is 4.73. The van der Waals surface area contributed by atoms with Gasteiger partial charge in [-0.1, -0.05) is 50.4 Å². The lowest BCUT2D eigenvalue weighted by Gasteiger charge is -2.12. The first-order valence-electron chi connectivity index (χ1n) is 6.65. The molecule has 0 saturated heterocycles. The van der Waals surface area contributed by atoms with Crippen molar-refractivity contribution in [3.05, 3.63) is 34.9 Å². The standard InChI is InChI=1S/C15H22ClNO/c1-3-4-5-10-17-15(18)12(2)11-13-6-8-14(16)9-7-13/h6-9,12H,3-5,10-11H2,1-2H3,(H,17,18). The first-order chi connectivity index (χ1) is 8.63. The third kappa shape index (κ3) is 5.54. The topological polar surface area (TPSA) is 29.1 Å². The first-order valence-corrected chi connectivity index (χ1v) is 7.03. The molecule has 0 aliphatic rings. The van der Waals surface area contributed by atoms with Crippen molar-refractivity contribution >= 4 is 17.5 Å². The van der Waals surface area contributed by atoms with Crippen LogP contribution in [0.25, 0.3) is 0 Å². The van der Waals surface area contributed by atoms with E-state index < -0.39 is 0 Å². The molecule has 0 aliphatic carbocycles. The molecule has 1 aromatic rings. The zero-order chi connectivity index (χ0) is 13.4. The van der Waals surface area contributed by atoms with E-state index in [9.17, 15) is 4.79 Å². The van der Waals surface area contributed by atoms with Crippen molar-refractivity contribution in [2.24, 2.45) is 5.92 Å². The Morgan fingerprint density at radius 1 is 1.28 bits per heavy atom. The van der Waals surface area contributed by atoms with E-state index >= 15 is 0 Å². The van der Waals surface area contributed by atoms with Gasteiger partial charge in [-0.2, -0.15) is 0 Å². The van der Waals surface area contributed by atoms with Crippen LogP contribution in [0.4, 0.5) is 0 Å². The van der Waals surface area contributed by atoms with Crippen LogP contribution in [0, 0.1) is 5.92 Å². The van der Waals surface area contributed by atoms with E-state index in [2.05, 4.69) is 12.2 Å². The van der Waals surface area contributed by atoms with Crippen molar-refractivity contribution < 1.29 is 4.79 Å². The molecule has 18 heavy (non-hydrogen) atoms. The molecule has 0 heterocycles. The molecule has 1 atom stereocenters. The van der Waals surface area contributed by atoms with Crippen molar-refractivity contribution in [3.8, 4) is 0 Å². The lowest BCUT2D eigenvalue weighted by atomic mass is 10.0. The van der Waals surface area contributed by atoms with Crippen molar-refractivity contribution in [2.45, 2.75) is 39.5 Å². The van der Waals surface area contributed by atoms with E-state index in [-0.39, 0.29) is 11.8 Å². The zero-order valence-electron chi connectivity index (χ0n) is 11.2. The number of amides is 1. The molecule has 0 bridgehead atoms. The minimum Gasteiger partial charge on any atom is -0.356 e. The second kappa shape index (κ2) is 8.15. The number of halogens is 1. The van der Waals surface area contributed by atoms with Gasteiger partial charge in [0.1, 0.15) is 0 Å². The molecule has 0 aliphatic heterocycles. The van der Waals surface area contributed by atoms with Gasteiger partial charge in [0.2, 0.25) is 5.91 Å². The fourth-order valence-electron chi connectivity index (χ4n) is 1.83. The number of nitrogens with one attached hydrogen (secondary N) is 1. The maximum atomic E-state index is 11.8. The Labute approximate surface area is 115 Å². The van der Waals surface area contributed by atoms with Crippen LogP contribution < -0.4 is 5.32 Å². The third-order valence-electron chi connectivity index (χ3n) is 2.98. The number of hydrogen-bond donors (Lipinski definition) is 1. The van der Waals surface area contributed by atoms with E-state index in [4.69, 9.17) is 11.6 Å². The normalized spacial score (nSPS) is 12.2. The van der Waals surface area contributed by atoms with Crippen LogP contribution in [0.2, 0.25) is 5.02 Å². The maximum absolute atomic E-state index is 11.8. The molecule has 0 spiro atoms. The van der Waals surface area contributed by atoms with Crippen LogP contribution in [0.5, 0.6) is 0 Å². The molecule has 0 radical (unpaired) electrons. The minimum absolute atomic E-state index is 0.00722. The van der Waals surface area contributed by atoms with Gasteiger partial charge in [-0.3, -0.25) is 4.79 Å². The summed E-state index contributed by atoms with van der Waals surface area (Å²) >= 11 is 5.83. The van der Waals surface area contributed by atoms with Crippen molar-refractivity contribution in [1.82, 2.24) is 5.32 Å². The van der Waals surface area contributed by atoms with E-state index in [1.807, 2.05) is 31.2 Å². The van der Waals surface area contributed by atoms with Gasteiger partial charge in [0, 0.05) is 17.5 Å². The minimum atomic E-state index is 0.00722. The molecule has 0 saturated carbocycles. The highest BCUT2D eigenvalue weighted by atomic mass is 35.5. The number of hydrogen-bond acceptors (Lipinski definition) is 1. The van der Waals surface area contributed by atoms with Gasteiger partial charge in [-0.25, -0.2) is 0 Å². The van der Waals surface area contributed by atoms with Gasteiger partial charge in [0.15, 0.2) is 0 Å². The molecule has 0 fully saturated rings. The Balaban J connectivity index is 2.33. The Bertz CT molecular complexity index is 361. The van der Waals surface area contributed by atoms with Crippen LogP contribution >= 0.6 is 11.6 Å². The van der Waals surface area contributed by atoms with E-state index in [0.29, 0.717) is 0 Å². The van der Waals surface area contributed by atoms with Crippen LogP contribution in [-0.4, -0.2) is 12.5 Å². The predicted molar refractivity (Wildman–Crippen MR) is 76.9 cm³/mol. The number of unbranched alkanes of at least 4 members (excludes halogenated alkanes) is 2. The summed E-state index contributed by atoms with van der Waals surface area (Å²) in [6, 6.07) is 7.68. The summed E-state index contributed by atoms with van der Waals surface area (Å²) in [4.78, 5) is 11.8. The van der Waals surface area contributed by atoms with E-state index in [1.54, 1.807) is 0 Å². The lowest BCUT2D eigenvalue weighted by Crippen LogP contribution is -2.31. The van der Waals surface area contributed by atoms with Crippen molar-refractivity contribution in [1.29, 1.82) is 0 Å². The van der Waals surface area contributed by atoms with Crippen molar-refractivity contribution in [3.63, 3.8) is 0 Å². The smallest absolute Gasteiger partial charge is 0.223 e. The quantitative estimate of drug-likeness (QED) is 0.748. The summed E-state index contributed by atoms with van der Waals surface area (Å²) < 4.78 is 0. The van der Waals surface area contributed by atoms with Crippen LogP contribution in [0.15, 0.2) is 24.3 Å². The average Bonchev–Trinajstić information content (AvgIpc) is 2.37. The van der Waals surface area contributed by atoms with E-state index in [0.717, 1.165) is 30.0 Å². The monoisotopic (exact) mass is 267 g/mol. The van der Waals surface area contributed by atoms with Gasteiger partial charge >= 0.3 is 0 Å². The highest BCUT2D eigenvalue weighted by Gasteiger charge is 2.12. The maximum Gasteiger partial charge on any atom is 0.223 e. The molecule has 1 rings (SSSR count). The lowest BCUT2D eigenvalue weighted by molar-refractivity contribution is -0.124. The van der Waals surface area contributed by atoms with Gasteiger partial charge in [-0.15, -0.1) is 0 Å². The average molecular weight is 268 g/mol. The van der Waals surface area contributed by atoms with Crippen molar-refractivity contribution in [2.75, 3.05) is 6.54 Å². The SMILES string of the molecule is CCCCCNC(=O)C(C)Cc1ccc(Cl)cc1. The molecule has 1 aromatic carbocycles. The fraction of sp³-hybridized carbons (Fsp3) is 0.533. The Morgan fingerprint density at radius 2 is 1.94 bits per heavy atom. The number of carbonyl (C=O) groups is 1. The Kier molecular flexibility index (Phi) is 6.81. The largest absolute Gasteiger partial charge is 0.356 e. The highest BCUT2D eigenvalue weighted by molar-refractivity contribution is 6.30.